The van der Waals surface area contributed by atoms with Crippen molar-refractivity contribution in [2.45, 2.75) is 38.5 Å². The second-order valence-corrected chi connectivity index (χ2v) is 12.9. The molecule has 0 amide bonds. The largest absolute Gasteiger partial charge is 0.298 e. The highest BCUT2D eigenvalue weighted by molar-refractivity contribution is 6.10. The van der Waals surface area contributed by atoms with Crippen molar-refractivity contribution in [1.82, 2.24) is 0 Å². The Morgan fingerprint density at radius 2 is 1.29 bits per heavy atom. The molecule has 0 fully saturated rings. The van der Waals surface area contributed by atoms with Crippen LogP contribution in [0.3, 0.4) is 0 Å². The van der Waals surface area contributed by atoms with Gasteiger partial charge in [-0.2, -0.15) is 0 Å². The van der Waals surface area contributed by atoms with Gasteiger partial charge in [-0.15, -0.1) is 0 Å². The average molecular weight is 627 g/mol. The Hall–Kier alpha value is -5.41. The quantitative estimate of drug-likeness (QED) is 0.222. The fraction of sp³-hybridized carbons (Fsp3) is 0.178. The van der Waals surface area contributed by atoms with Crippen LogP contribution in [0.1, 0.15) is 70.4 Å². The van der Waals surface area contributed by atoms with Crippen LogP contribution in [0.15, 0.2) is 157 Å². The first-order chi connectivity index (χ1) is 23.5. The normalized spacial score (nSPS) is 20.0. The Balaban J connectivity index is 1.19. The third-order valence-corrected chi connectivity index (χ3v) is 9.71. The lowest BCUT2D eigenvalue weighted by Crippen LogP contribution is -2.22. The van der Waals surface area contributed by atoms with Crippen LogP contribution in [0.4, 0.5) is 0 Å². The van der Waals surface area contributed by atoms with E-state index in [4.69, 9.17) is 0 Å². The van der Waals surface area contributed by atoms with Crippen molar-refractivity contribution in [2.24, 2.45) is 11.8 Å². The van der Waals surface area contributed by atoms with E-state index in [1.807, 2.05) is 91.1 Å². The highest BCUT2D eigenvalue weighted by Crippen LogP contribution is 2.36. The fourth-order valence-corrected chi connectivity index (χ4v) is 6.89. The van der Waals surface area contributed by atoms with Gasteiger partial charge in [0.2, 0.25) is 0 Å². The van der Waals surface area contributed by atoms with E-state index >= 15 is 0 Å². The van der Waals surface area contributed by atoms with E-state index in [9.17, 15) is 14.4 Å². The molecule has 0 aliphatic heterocycles. The molecule has 3 heteroatoms. The predicted molar refractivity (Wildman–Crippen MR) is 195 cm³/mol. The molecule has 0 aromatic heterocycles. The van der Waals surface area contributed by atoms with Crippen molar-refractivity contribution >= 4 is 28.5 Å². The zero-order valence-electron chi connectivity index (χ0n) is 27.0. The van der Waals surface area contributed by atoms with E-state index in [2.05, 4.69) is 54.7 Å². The number of ketones is 3. The molecular weight excluding hydrogens is 588 g/mol. The third kappa shape index (κ3) is 6.82. The number of rotatable bonds is 9. The van der Waals surface area contributed by atoms with E-state index < -0.39 is 0 Å². The van der Waals surface area contributed by atoms with Gasteiger partial charge in [-0.3, -0.25) is 14.4 Å². The molecule has 0 N–H and O–H groups in total. The van der Waals surface area contributed by atoms with E-state index in [1.54, 1.807) is 0 Å². The van der Waals surface area contributed by atoms with Crippen LogP contribution in [-0.2, 0) is 4.79 Å². The molecule has 3 aromatic carbocycles. The lowest BCUT2D eigenvalue weighted by atomic mass is 9.82. The van der Waals surface area contributed by atoms with E-state index in [0.29, 0.717) is 24.0 Å². The fourth-order valence-electron chi connectivity index (χ4n) is 6.89. The molecular formula is C45H38O3. The Morgan fingerprint density at radius 3 is 1.96 bits per heavy atom. The minimum atomic E-state index is -0.121. The molecule has 4 aliphatic carbocycles. The number of hydrogen-bond donors (Lipinski definition) is 0. The van der Waals surface area contributed by atoms with Gasteiger partial charge in [0, 0.05) is 34.1 Å². The number of Topliss-reactive ketones (excluding diaryl/α,β-unsaturated/α-hetero) is 3. The maximum absolute atomic E-state index is 13.2. The SMILES string of the molecule is O=C(C1=CC=CCC1)c1ccc(-c2cc(C3=CCC(C(=O)C4C=CC=CC4)C=C3)cc(C3=CC=C(C(=O)c4ccccc4)CC3)c2)cc1. The molecule has 7 rings (SSSR count). The van der Waals surface area contributed by atoms with Gasteiger partial charge in [0.1, 0.15) is 5.78 Å². The third-order valence-electron chi connectivity index (χ3n) is 9.71. The van der Waals surface area contributed by atoms with Crippen molar-refractivity contribution in [3.05, 3.63) is 179 Å². The first-order valence-corrected chi connectivity index (χ1v) is 16.9. The summed E-state index contributed by atoms with van der Waals surface area (Å²) < 4.78 is 0. The van der Waals surface area contributed by atoms with Crippen molar-refractivity contribution in [1.29, 1.82) is 0 Å². The van der Waals surface area contributed by atoms with Gasteiger partial charge in [0.25, 0.3) is 0 Å². The van der Waals surface area contributed by atoms with Crippen molar-refractivity contribution in [2.75, 3.05) is 0 Å². The number of carbonyl (C=O) groups is 3. The van der Waals surface area contributed by atoms with Crippen LogP contribution < -0.4 is 0 Å². The predicted octanol–water partition coefficient (Wildman–Crippen LogP) is 10.5. The molecule has 2 unspecified atom stereocenters. The lowest BCUT2D eigenvalue weighted by molar-refractivity contribution is -0.123. The van der Waals surface area contributed by atoms with Crippen molar-refractivity contribution < 1.29 is 14.4 Å². The van der Waals surface area contributed by atoms with Gasteiger partial charge >= 0.3 is 0 Å². The monoisotopic (exact) mass is 626 g/mol. The molecule has 0 radical (unpaired) electrons. The molecule has 236 valence electrons. The van der Waals surface area contributed by atoms with Crippen LogP contribution in [0.5, 0.6) is 0 Å². The summed E-state index contributed by atoms with van der Waals surface area (Å²) in [5.74, 6) is 0.258. The van der Waals surface area contributed by atoms with Crippen LogP contribution in [0.2, 0.25) is 0 Å². The summed E-state index contributed by atoms with van der Waals surface area (Å²) in [5, 5.41) is 0. The van der Waals surface area contributed by atoms with Crippen molar-refractivity contribution in [3.8, 4) is 11.1 Å². The van der Waals surface area contributed by atoms with Crippen LogP contribution in [0.25, 0.3) is 22.3 Å². The summed E-state index contributed by atoms with van der Waals surface area (Å²) in [5.41, 5.74) is 9.64. The van der Waals surface area contributed by atoms with E-state index in [1.165, 1.54) is 5.57 Å². The summed E-state index contributed by atoms with van der Waals surface area (Å²) in [6.45, 7) is 0. The minimum absolute atomic E-state index is 0.0554. The summed E-state index contributed by atoms with van der Waals surface area (Å²) in [4.78, 5) is 39.4. The van der Waals surface area contributed by atoms with Gasteiger partial charge in [0.05, 0.1) is 0 Å². The number of benzene rings is 3. The van der Waals surface area contributed by atoms with Gasteiger partial charge < -0.3 is 0 Å². The molecule has 0 heterocycles. The Morgan fingerprint density at radius 1 is 0.562 bits per heavy atom. The van der Waals surface area contributed by atoms with Crippen LogP contribution >= 0.6 is 0 Å². The highest BCUT2D eigenvalue weighted by Gasteiger charge is 2.25. The van der Waals surface area contributed by atoms with Crippen LogP contribution in [-0.4, -0.2) is 17.3 Å². The van der Waals surface area contributed by atoms with Crippen LogP contribution in [0, 0.1) is 11.8 Å². The number of allylic oxidation sites excluding steroid dienone is 16. The minimum Gasteiger partial charge on any atom is -0.298 e. The molecule has 4 aliphatic rings. The van der Waals surface area contributed by atoms with Gasteiger partial charge in [0.15, 0.2) is 11.6 Å². The molecule has 3 aromatic rings. The second-order valence-electron chi connectivity index (χ2n) is 12.9. The molecule has 48 heavy (non-hydrogen) atoms. The summed E-state index contributed by atoms with van der Waals surface area (Å²) in [7, 11) is 0. The molecule has 0 saturated heterocycles. The highest BCUT2D eigenvalue weighted by atomic mass is 16.1. The van der Waals surface area contributed by atoms with Crippen molar-refractivity contribution in [3.63, 3.8) is 0 Å². The molecule has 3 nitrogen and oxygen atoms in total. The smallest absolute Gasteiger partial charge is 0.189 e. The lowest BCUT2D eigenvalue weighted by Gasteiger charge is -2.21. The number of hydrogen-bond acceptors (Lipinski definition) is 3. The Kier molecular flexibility index (Phi) is 9.20. The second kappa shape index (κ2) is 14.1. The van der Waals surface area contributed by atoms with E-state index in [0.717, 1.165) is 64.7 Å². The topological polar surface area (TPSA) is 51.2 Å². The maximum Gasteiger partial charge on any atom is 0.189 e. The number of carbonyl (C=O) groups excluding carboxylic acids is 3. The average Bonchev–Trinajstić information content (AvgIpc) is 3.18. The van der Waals surface area contributed by atoms with Gasteiger partial charge in [-0.05, 0) is 90.1 Å². The zero-order valence-corrected chi connectivity index (χ0v) is 27.0. The van der Waals surface area contributed by atoms with Gasteiger partial charge in [-0.25, -0.2) is 0 Å². The maximum atomic E-state index is 13.2. The summed E-state index contributed by atoms with van der Waals surface area (Å²) in [6.07, 6.45) is 29.0. The molecule has 0 bridgehead atoms. The standard InChI is InChI=1S/C45H38O3/c46-43(34-10-4-1-5-11-34)37-22-16-31(17-23-37)40-28-41(32-18-24-38(25-19-32)44(47)35-12-6-2-7-13-35)30-42(29-40)33-20-26-39(27-21-33)45(48)36-14-8-3-9-15-36/h1-8,10-12,14,16,18-22,24,26-30,35,38H,9,13,15,17,23,25H2. The Labute approximate surface area is 282 Å². The molecule has 0 spiro atoms. The molecule has 0 saturated carbocycles. The summed E-state index contributed by atoms with van der Waals surface area (Å²) >= 11 is 0. The molecule has 2 atom stereocenters. The first kappa shape index (κ1) is 31.2. The zero-order chi connectivity index (χ0) is 32.9. The Bertz CT molecular complexity index is 2010. The van der Waals surface area contributed by atoms with Gasteiger partial charge in [-0.1, -0.05) is 128 Å². The first-order valence-electron chi connectivity index (χ1n) is 16.9. The summed E-state index contributed by atoms with van der Waals surface area (Å²) in [6, 6.07) is 24.0. The van der Waals surface area contributed by atoms with E-state index in [-0.39, 0.29) is 29.2 Å².